The number of ether oxygens (including phenoxy) is 2. The van der Waals surface area contributed by atoms with Gasteiger partial charge in [-0.3, -0.25) is 4.79 Å². The quantitative estimate of drug-likeness (QED) is 0.245. The minimum absolute atomic E-state index is 0.182. The highest BCUT2D eigenvalue weighted by atomic mass is 127. The van der Waals surface area contributed by atoms with Crippen molar-refractivity contribution in [2.45, 2.75) is 13.0 Å². The second-order valence-electron chi connectivity index (χ2n) is 6.37. The Hall–Kier alpha value is -2.58. The maximum Gasteiger partial charge on any atom is 0.244 e. The van der Waals surface area contributed by atoms with Gasteiger partial charge in [-0.1, -0.05) is 60.1 Å². The van der Waals surface area contributed by atoms with E-state index in [1.165, 1.54) is 0 Å². The second kappa shape index (κ2) is 11.0. The largest absolute Gasteiger partial charge is 0.493 e. The Morgan fingerprint density at radius 1 is 1.13 bits per heavy atom. The van der Waals surface area contributed by atoms with Crippen LogP contribution in [-0.2, 0) is 17.8 Å². The van der Waals surface area contributed by atoms with E-state index in [1.54, 1.807) is 19.4 Å². The lowest BCUT2D eigenvalue weighted by Crippen LogP contribution is -2.19. The maximum atomic E-state index is 12.0. The first-order valence-corrected chi connectivity index (χ1v) is 10.6. The lowest BCUT2D eigenvalue weighted by Gasteiger charge is -2.14. The highest BCUT2D eigenvalue weighted by Crippen LogP contribution is 2.34. The fraction of sp³-hybridized carbons (Fsp3) is 0.130. The van der Waals surface area contributed by atoms with Gasteiger partial charge in [-0.15, -0.1) is 0 Å². The number of methoxy groups -OCH3 is 1. The number of rotatable bonds is 8. The molecule has 0 heterocycles. The van der Waals surface area contributed by atoms with Crippen LogP contribution in [0.15, 0.2) is 71.8 Å². The number of halogens is 2. The molecule has 0 atom stereocenters. The normalized spacial score (nSPS) is 10.8. The average Bonchev–Trinajstić information content (AvgIpc) is 2.74. The first-order chi connectivity index (χ1) is 14.6. The summed E-state index contributed by atoms with van der Waals surface area (Å²) in [5.74, 6) is 1.02. The number of carbonyl (C=O) groups excluding carboxylic acids is 1. The summed E-state index contributed by atoms with van der Waals surface area (Å²) in [4.78, 5) is 12.0. The van der Waals surface area contributed by atoms with Gasteiger partial charge in [-0.25, -0.2) is 5.43 Å². The lowest BCUT2D eigenvalue weighted by atomic mass is 10.1. The number of hydrazone groups is 1. The third-order valence-electron chi connectivity index (χ3n) is 4.19. The summed E-state index contributed by atoms with van der Waals surface area (Å²) >= 11 is 8.38. The number of nitrogens with one attached hydrogen (secondary N) is 1. The zero-order valence-corrected chi connectivity index (χ0v) is 19.2. The molecule has 0 saturated carbocycles. The Morgan fingerprint density at radius 3 is 2.60 bits per heavy atom. The van der Waals surface area contributed by atoms with Gasteiger partial charge in [0.1, 0.15) is 6.61 Å². The molecule has 0 saturated heterocycles. The molecule has 5 nitrogen and oxygen atoms in total. The number of amides is 1. The zero-order valence-electron chi connectivity index (χ0n) is 16.3. The van der Waals surface area contributed by atoms with Crippen molar-refractivity contribution in [1.82, 2.24) is 5.43 Å². The van der Waals surface area contributed by atoms with Gasteiger partial charge in [0.25, 0.3) is 0 Å². The van der Waals surface area contributed by atoms with Crippen LogP contribution in [0, 0.1) is 3.57 Å². The molecule has 1 amide bonds. The van der Waals surface area contributed by atoms with Crippen LogP contribution in [0.3, 0.4) is 0 Å². The van der Waals surface area contributed by atoms with Gasteiger partial charge in [-0.2, -0.15) is 5.10 Å². The SMILES string of the molecule is COc1cc(/C=N\NC(=O)Cc2ccccc2)cc(I)c1OCc1ccccc1Cl. The minimum Gasteiger partial charge on any atom is -0.493 e. The van der Waals surface area contributed by atoms with Crippen LogP contribution >= 0.6 is 34.2 Å². The Kier molecular flexibility index (Phi) is 8.10. The van der Waals surface area contributed by atoms with E-state index in [-0.39, 0.29) is 12.3 Å². The summed E-state index contributed by atoms with van der Waals surface area (Å²) in [5.41, 5.74) is 5.15. The maximum absolute atomic E-state index is 12.0. The Balaban J connectivity index is 1.65. The van der Waals surface area contributed by atoms with Crippen molar-refractivity contribution in [3.8, 4) is 11.5 Å². The van der Waals surface area contributed by atoms with Crippen LogP contribution in [0.1, 0.15) is 16.7 Å². The smallest absolute Gasteiger partial charge is 0.244 e. The standard InChI is InChI=1S/C23H20ClIN2O3/c1-29-21-12-17(14-26-27-22(28)13-16-7-3-2-4-8-16)11-20(25)23(21)30-15-18-9-5-6-10-19(18)24/h2-12,14H,13,15H2,1H3,(H,27,28)/b26-14-. The molecule has 0 unspecified atom stereocenters. The van der Waals surface area contributed by atoms with Gasteiger partial charge >= 0.3 is 0 Å². The van der Waals surface area contributed by atoms with Crippen LogP contribution in [-0.4, -0.2) is 19.2 Å². The predicted molar refractivity (Wildman–Crippen MR) is 127 cm³/mol. The predicted octanol–water partition coefficient (Wildman–Crippen LogP) is 5.23. The van der Waals surface area contributed by atoms with E-state index in [2.05, 4.69) is 33.1 Å². The summed E-state index contributed by atoms with van der Waals surface area (Å²) < 4.78 is 12.3. The first kappa shape index (κ1) is 22.1. The molecule has 0 bridgehead atoms. The highest BCUT2D eigenvalue weighted by Gasteiger charge is 2.12. The minimum atomic E-state index is -0.182. The van der Waals surface area contributed by atoms with E-state index in [0.717, 1.165) is 20.3 Å². The van der Waals surface area contributed by atoms with Gasteiger partial charge in [0.2, 0.25) is 5.91 Å². The van der Waals surface area contributed by atoms with Crippen LogP contribution in [0.25, 0.3) is 0 Å². The molecular formula is C23H20ClIN2O3. The van der Waals surface area contributed by atoms with E-state index >= 15 is 0 Å². The zero-order chi connectivity index (χ0) is 21.3. The summed E-state index contributed by atoms with van der Waals surface area (Å²) in [5, 5.41) is 4.70. The Labute approximate surface area is 194 Å². The van der Waals surface area contributed by atoms with Crippen molar-refractivity contribution < 1.29 is 14.3 Å². The molecule has 0 aromatic heterocycles. The van der Waals surface area contributed by atoms with Crippen LogP contribution in [0.2, 0.25) is 5.02 Å². The molecule has 0 fully saturated rings. The van der Waals surface area contributed by atoms with Crippen molar-refractivity contribution in [2.75, 3.05) is 7.11 Å². The highest BCUT2D eigenvalue weighted by molar-refractivity contribution is 14.1. The van der Waals surface area contributed by atoms with Crippen molar-refractivity contribution in [3.05, 3.63) is 92.0 Å². The van der Waals surface area contributed by atoms with Gasteiger partial charge in [0, 0.05) is 10.6 Å². The van der Waals surface area contributed by atoms with E-state index in [9.17, 15) is 4.79 Å². The summed E-state index contributed by atoms with van der Waals surface area (Å²) in [6.45, 7) is 0.328. The van der Waals surface area contributed by atoms with E-state index in [1.807, 2.05) is 60.7 Å². The van der Waals surface area contributed by atoms with Crippen molar-refractivity contribution in [3.63, 3.8) is 0 Å². The molecular weight excluding hydrogens is 515 g/mol. The lowest BCUT2D eigenvalue weighted by molar-refractivity contribution is -0.120. The molecule has 3 rings (SSSR count). The van der Waals surface area contributed by atoms with E-state index in [0.29, 0.717) is 23.1 Å². The van der Waals surface area contributed by atoms with Gasteiger partial charge in [0.15, 0.2) is 11.5 Å². The molecule has 154 valence electrons. The third-order valence-corrected chi connectivity index (χ3v) is 5.36. The topological polar surface area (TPSA) is 59.9 Å². The van der Waals surface area contributed by atoms with Gasteiger partial charge in [0.05, 0.1) is 23.3 Å². The summed E-state index contributed by atoms with van der Waals surface area (Å²) in [6.07, 6.45) is 1.85. The average molecular weight is 535 g/mol. The second-order valence-corrected chi connectivity index (χ2v) is 7.94. The van der Waals surface area contributed by atoms with Crippen LogP contribution in [0.5, 0.6) is 11.5 Å². The molecule has 0 radical (unpaired) electrons. The number of hydrogen-bond acceptors (Lipinski definition) is 4. The summed E-state index contributed by atoms with van der Waals surface area (Å²) in [7, 11) is 1.58. The van der Waals surface area contributed by atoms with Crippen LogP contribution in [0.4, 0.5) is 0 Å². The molecule has 30 heavy (non-hydrogen) atoms. The van der Waals surface area contributed by atoms with E-state index < -0.39 is 0 Å². The molecule has 3 aromatic rings. The van der Waals surface area contributed by atoms with Gasteiger partial charge < -0.3 is 9.47 Å². The monoisotopic (exact) mass is 534 g/mol. The van der Waals surface area contributed by atoms with Crippen LogP contribution < -0.4 is 14.9 Å². The number of carbonyl (C=O) groups is 1. The van der Waals surface area contributed by atoms with E-state index in [4.69, 9.17) is 21.1 Å². The molecule has 7 heteroatoms. The first-order valence-electron chi connectivity index (χ1n) is 9.16. The molecule has 0 aliphatic heterocycles. The fourth-order valence-corrected chi connectivity index (χ4v) is 3.69. The Morgan fingerprint density at radius 2 is 1.87 bits per heavy atom. The molecule has 1 N–H and O–H groups in total. The summed E-state index contributed by atoms with van der Waals surface area (Å²) in [6, 6.07) is 20.8. The number of hydrogen-bond donors (Lipinski definition) is 1. The fourth-order valence-electron chi connectivity index (χ4n) is 2.72. The number of benzene rings is 3. The Bertz CT molecular complexity index is 1040. The van der Waals surface area contributed by atoms with Crippen molar-refractivity contribution in [1.29, 1.82) is 0 Å². The van der Waals surface area contributed by atoms with Crippen molar-refractivity contribution in [2.24, 2.45) is 5.10 Å². The molecule has 0 spiro atoms. The molecule has 3 aromatic carbocycles. The van der Waals surface area contributed by atoms with Crippen molar-refractivity contribution >= 4 is 46.3 Å². The third kappa shape index (κ3) is 6.21. The van der Waals surface area contributed by atoms with Gasteiger partial charge in [-0.05, 0) is 51.9 Å². The number of nitrogens with zero attached hydrogens (tertiary/aromatic N) is 1. The molecule has 0 aliphatic carbocycles. The molecule has 0 aliphatic rings.